The van der Waals surface area contributed by atoms with Crippen molar-refractivity contribution in [1.82, 2.24) is 14.4 Å². The molecule has 2 aromatic carbocycles. The molecule has 8 nitrogen and oxygen atoms in total. The van der Waals surface area contributed by atoms with Gasteiger partial charge in [0.1, 0.15) is 23.7 Å². The SMILES string of the molecule is CC(=O)CN1CCN(c2ccc3c(-c4ccc(C)cc4)c4ccc(=[N+]5CCN(CC(=O)COC(C)(C)C)CC5)cc-4oc3c2)CC1. The highest BCUT2D eigenvalue weighted by molar-refractivity contribution is 6.02. The Balaban J connectivity index is 1.30. The minimum Gasteiger partial charge on any atom is -0.456 e. The lowest BCUT2D eigenvalue weighted by molar-refractivity contribution is -0.129. The van der Waals surface area contributed by atoms with E-state index in [0.29, 0.717) is 13.1 Å². The molecular formula is C38H47N4O4+. The molecule has 2 fully saturated rings. The van der Waals surface area contributed by atoms with Crippen LogP contribution in [0.3, 0.4) is 0 Å². The van der Waals surface area contributed by atoms with Gasteiger partial charge >= 0.3 is 0 Å². The van der Waals surface area contributed by atoms with Crippen molar-refractivity contribution in [1.29, 1.82) is 0 Å². The first-order chi connectivity index (χ1) is 22.0. The Bertz CT molecular complexity index is 1750. The van der Waals surface area contributed by atoms with Gasteiger partial charge < -0.3 is 14.1 Å². The number of benzene rings is 3. The fourth-order valence-electron chi connectivity index (χ4n) is 6.53. The molecule has 0 amide bonds. The van der Waals surface area contributed by atoms with E-state index in [1.807, 2.05) is 20.8 Å². The highest BCUT2D eigenvalue weighted by atomic mass is 16.5. The molecule has 2 aromatic rings. The number of piperazine rings is 2. The highest BCUT2D eigenvalue weighted by Crippen LogP contribution is 2.41. The maximum absolute atomic E-state index is 12.5. The first-order valence-corrected chi connectivity index (χ1v) is 16.5. The summed E-state index contributed by atoms with van der Waals surface area (Å²) in [5.41, 5.74) is 6.37. The molecule has 0 aromatic heterocycles. The first-order valence-electron chi connectivity index (χ1n) is 16.5. The topological polar surface area (TPSA) is 69.2 Å². The minimum atomic E-state index is -0.311. The number of rotatable bonds is 8. The van der Waals surface area contributed by atoms with Crippen LogP contribution in [0, 0.1) is 6.92 Å². The number of ketones is 2. The Morgan fingerprint density at radius 1 is 0.848 bits per heavy atom. The van der Waals surface area contributed by atoms with E-state index in [1.165, 1.54) is 16.7 Å². The summed E-state index contributed by atoms with van der Waals surface area (Å²) in [5.74, 6) is 1.20. The molecule has 3 heterocycles. The van der Waals surface area contributed by atoms with Gasteiger partial charge in [-0.15, -0.1) is 0 Å². The molecule has 1 aliphatic carbocycles. The summed E-state index contributed by atoms with van der Waals surface area (Å²) < 4.78 is 14.8. The molecule has 0 N–H and O–H groups in total. The number of ether oxygens (including phenoxy) is 1. The number of Topliss-reactive ketones (excluding diaryl/α,β-unsaturated/α-hetero) is 2. The number of carbonyl (C=O) groups is 2. The monoisotopic (exact) mass is 623 g/mol. The van der Waals surface area contributed by atoms with Crippen LogP contribution in [-0.2, 0) is 14.3 Å². The Morgan fingerprint density at radius 2 is 1.54 bits per heavy atom. The van der Waals surface area contributed by atoms with Crippen molar-refractivity contribution in [3.8, 4) is 22.5 Å². The zero-order valence-corrected chi connectivity index (χ0v) is 28.0. The third-order valence-corrected chi connectivity index (χ3v) is 9.02. The van der Waals surface area contributed by atoms with Crippen LogP contribution >= 0.6 is 0 Å². The van der Waals surface area contributed by atoms with E-state index in [9.17, 15) is 9.59 Å². The Kier molecular flexibility index (Phi) is 9.41. The summed E-state index contributed by atoms with van der Waals surface area (Å²) in [4.78, 5) is 31.0. The highest BCUT2D eigenvalue weighted by Gasteiger charge is 2.25. The molecule has 0 saturated carbocycles. The lowest BCUT2D eigenvalue weighted by Gasteiger charge is -2.35. The third kappa shape index (κ3) is 7.57. The van der Waals surface area contributed by atoms with Crippen LogP contribution in [0.25, 0.3) is 33.4 Å². The fourth-order valence-corrected chi connectivity index (χ4v) is 6.53. The second-order valence-electron chi connectivity index (χ2n) is 13.9. The Hall–Kier alpha value is -3.85. The van der Waals surface area contributed by atoms with Gasteiger partial charge in [-0.05, 0) is 58.4 Å². The van der Waals surface area contributed by atoms with E-state index in [-0.39, 0.29) is 23.8 Å². The lowest BCUT2D eigenvalue weighted by atomic mass is 9.93. The molecule has 8 heteroatoms. The molecule has 2 saturated heterocycles. The lowest BCUT2D eigenvalue weighted by Crippen LogP contribution is -2.49. The molecule has 4 aliphatic rings. The average Bonchev–Trinajstić information content (AvgIpc) is 3.03. The number of fused-ring (bicyclic) bond motifs is 2. The third-order valence-electron chi connectivity index (χ3n) is 9.02. The summed E-state index contributed by atoms with van der Waals surface area (Å²) >= 11 is 0. The maximum Gasteiger partial charge on any atom is 0.203 e. The van der Waals surface area contributed by atoms with Gasteiger partial charge in [0.15, 0.2) is 18.9 Å². The number of hydrogen-bond donors (Lipinski definition) is 0. The smallest absolute Gasteiger partial charge is 0.203 e. The van der Waals surface area contributed by atoms with Crippen LogP contribution in [0.5, 0.6) is 0 Å². The van der Waals surface area contributed by atoms with E-state index in [1.54, 1.807) is 6.92 Å². The zero-order valence-electron chi connectivity index (χ0n) is 28.0. The second-order valence-corrected chi connectivity index (χ2v) is 13.9. The van der Waals surface area contributed by atoms with Crippen LogP contribution in [0.1, 0.15) is 33.3 Å². The van der Waals surface area contributed by atoms with E-state index >= 15 is 0 Å². The van der Waals surface area contributed by atoms with Gasteiger partial charge in [-0.2, -0.15) is 0 Å². The number of hydrogen-bond acceptors (Lipinski definition) is 7. The van der Waals surface area contributed by atoms with Crippen LogP contribution in [0.4, 0.5) is 5.69 Å². The molecule has 242 valence electrons. The fraction of sp³-hybridized carbons (Fsp3) is 0.447. The molecule has 0 bridgehead atoms. The van der Waals surface area contributed by atoms with Crippen molar-refractivity contribution in [2.45, 2.75) is 40.2 Å². The molecule has 0 unspecified atom stereocenters. The molecular weight excluding hydrogens is 576 g/mol. The second kappa shape index (κ2) is 13.5. The van der Waals surface area contributed by atoms with Gasteiger partial charge in [0.05, 0.1) is 37.8 Å². The molecule has 0 spiro atoms. The normalized spacial score (nSPS) is 16.8. The van der Waals surface area contributed by atoms with E-state index < -0.39 is 0 Å². The molecule has 6 rings (SSSR count). The predicted octanol–water partition coefficient (Wildman–Crippen LogP) is 4.70. The summed E-state index contributed by atoms with van der Waals surface area (Å²) in [6.07, 6.45) is 0. The number of aryl methyl sites for hydroxylation is 1. The minimum absolute atomic E-state index is 0.126. The van der Waals surface area contributed by atoms with Crippen molar-refractivity contribution in [3.63, 3.8) is 0 Å². The van der Waals surface area contributed by atoms with Gasteiger partial charge in [0.25, 0.3) is 0 Å². The van der Waals surface area contributed by atoms with Crippen molar-refractivity contribution >= 4 is 28.2 Å². The summed E-state index contributed by atoms with van der Waals surface area (Å²) in [6.45, 7) is 17.6. The van der Waals surface area contributed by atoms with Crippen LogP contribution < -0.4 is 14.8 Å². The molecule has 3 aliphatic heterocycles. The predicted molar refractivity (Wildman–Crippen MR) is 184 cm³/mol. The van der Waals surface area contributed by atoms with Gasteiger partial charge in [0.2, 0.25) is 5.36 Å². The first kappa shape index (κ1) is 32.1. The number of carbonyl (C=O) groups excluding carboxylic acids is 2. The molecule has 0 atom stereocenters. The Labute approximate surface area is 272 Å². The number of nitrogens with zero attached hydrogens (tertiary/aromatic N) is 4. The van der Waals surface area contributed by atoms with Crippen LogP contribution in [0.15, 0.2) is 65.1 Å². The van der Waals surface area contributed by atoms with Gasteiger partial charge in [-0.3, -0.25) is 19.4 Å². The zero-order chi connectivity index (χ0) is 32.4. The molecule has 0 radical (unpaired) electrons. The van der Waals surface area contributed by atoms with E-state index in [4.69, 9.17) is 9.15 Å². The average molecular weight is 624 g/mol. The summed E-state index contributed by atoms with van der Waals surface area (Å²) in [5, 5.41) is 2.22. The van der Waals surface area contributed by atoms with Gasteiger partial charge in [-0.25, -0.2) is 4.58 Å². The Morgan fingerprint density at radius 3 is 2.22 bits per heavy atom. The van der Waals surface area contributed by atoms with Crippen LogP contribution in [0.2, 0.25) is 0 Å². The van der Waals surface area contributed by atoms with E-state index in [0.717, 1.165) is 85.7 Å². The van der Waals surface area contributed by atoms with E-state index in [2.05, 4.69) is 86.9 Å². The largest absolute Gasteiger partial charge is 0.456 e. The van der Waals surface area contributed by atoms with Crippen molar-refractivity contribution in [2.24, 2.45) is 0 Å². The van der Waals surface area contributed by atoms with Crippen molar-refractivity contribution in [2.75, 3.05) is 77.0 Å². The number of anilines is 1. The van der Waals surface area contributed by atoms with Gasteiger partial charge in [0, 0.05) is 60.5 Å². The van der Waals surface area contributed by atoms with Crippen molar-refractivity contribution in [3.05, 3.63) is 71.6 Å². The van der Waals surface area contributed by atoms with Crippen molar-refractivity contribution < 1.29 is 18.7 Å². The summed E-state index contributed by atoms with van der Waals surface area (Å²) in [7, 11) is 0. The molecule has 46 heavy (non-hydrogen) atoms. The quantitative estimate of drug-likeness (QED) is 0.208. The van der Waals surface area contributed by atoms with Gasteiger partial charge in [-0.1, -0.05) is 29.8 Å². The maximum atomic E-state index is 12.5. The van der Waals surface area contributed by atoms with Crippen LogP contribution in [-0.4, -0.2) is 99.0 Å². The summed E-state index contributed by atoms with van der Waals surface area (Å²) in [6, 6.07) is 21.9. The standard InChI is InChI=1S/C38H47N4O4/c1-27-6-8-29(9-7-27)37-33-12-10-30(41-18-14-39(15-19-41)24-28(2)43)22-35(33)46-36-23-31(11-13-34(36)37)42-20-16-40(17-21-42)25-32(44)26-45-38(3,4)5/h6-13,22-23H,14-21,24-26H2,1-5H3/q+1.